The Morgan fingerprint density at radius 2 is 1.74 bits per heavy atom. The number of aryl methyl sites for hydroxylation is 1. The zero-order valence-corrected chi connectivity index (χ0v) is 18.6. The van der Waals surface area contributed by atoms with Crippen molar-refractivity contribution in [2.24, 2.45) is 0 Å². The average Bonchev–Trinajstić information content (AvgIpc) is 3.30. The minimum Gasteiger partial charge on any atom is -0.449 e. The fraction of sp³-hybridized carbons (Fsp3) is 0.182. The monoisotopic (exact) mass is 458 g/mol. The van der Waals surface area contributed by atoms with Gasteiger partial charge in [-0.1, -0.05) is 37.3 Å². The third-order valence-electron chi connectivity index (χ3n) is 4.43. The molecular formula is C22H22N2O5S2. The summed E-state index contributed by atoms with van der Waals surface area (Å²) in [7, 11) is -3.84. The molecule has 1 aromatic heterocycles. The Morgan fingerprint density at radius 1 is 1.03 bits per heavy atom. The summed E-state index contributed by atoms with van der Waals surface area (Å²) < 4.78 is 32.8. The molecule has 3 aromatic rings. The molecule has 0 aliphatic heterocycles. The lowest BCUT2D eigenvalue weighted by molar-refractivity contribution is -0.123. The number of ether oxygens (including phenoxy) is 1. The zero-order valence-electron chi connectivity index (χ0n) is 17.0. The van der Waals surface area contributed by atoms with Gasteiger partial charge in [0.25, 0.3) is 15.9 Å². The Hall–Kier alpha value is -3.17. The summed E-state index contributed by atoms with van der Waals surface area (Å²) >= 11 is 1.06. The van der Waals surface area contributed by atoms with Crippen molar-refractivity contribution in [2.75, 3.05) is 10.0 Å². The molecule has 1 heterocycles. The highest BCUT2D eigenvalue weighted by Crippen LogP contribution is 2.23. The van der Waals surface area contributed by atoms with E-state index < -0.39 is 28.0 Å². The second-order valence-electron chi connectivity index (χ2n) is 6.67. The molecule has 0 spiro atoms. The van der Waals surface area contributed by atoms with Crippen molar-refractivity contribution in [2.45, 2.75) is 30.6 Å². The van der Waals surface area contributed by atoms with Gasteiger partial charge in [0.15, 0.2) is 6.10 Å². The molecule has 7 nitrogen and oxygen atoms in total. The number of rotatable bonds is 8. The van der Waals surface area contributed by atoms with Crippen molar-refractivity contribution in [1.29, 1.82) is 0 Å². The van der Waals surface area contributed by atoms with E-state index in [-0.39, 0.29) is 15.5 Å². The molecule has 9 heteroatoms. The number of carbonyl (C=O) groups is 2. The molecule has 3 rings (SSSR count). The third-order valence-corrected chi connectivity index (χ3v) is 7.20. The molecule has 0 bridgehead atoms. The fourth-order valence-corrected chi connectivity index (χ4v) is 4.78. The van der Waals surface area contributed by atoms with Crippen LogP contribution in [0.5, 0.6) is 0 Å². The van der Waals surface area contributed by atoms with Crippen LogP contribution in [-0.4, -0.2) is 26.4 Å². The number of para-hydroxylation sites is 1. The van der Waals surface area contributed by atoms with Gasteiger partial charge in [0.05, 0.1) is 11.3 Å². The molecule has 1 atom stereocenters. The molecule has 2 aromatic carbocycles. The number of anilines is 2. The maximum atomic E-state index is 12.7. The first kappa shape index (κ1) is 22.5. The van der Waals surface area contributed by atoms with E-state index in [4.69, 9.17) is 4.74 Å². The summed E-state index contributed by atoms with van der Waals surface area (Å²) in [6.07, 6.45) is -0.196. The van der Waals surface area contributed by atoms with E-state index in [0.717, 1.165) is 23.3 Å². The Balaban J connectivity index is 1.69. The fourth-order valence-electron chi connectivity index (χ4n) is 2.71. The Kier molecular flexibility index (Phi) is 7.09. The maximum absolute atomic E-state index is 12.7. The second kappa shape index (κ2) is 9.76. The quantitative estimate of drug-likeness (QED) is 0.490. The van der Waals surface area contributed by atoms with Crippen molar-refractivity contribution in [3.8, 4) is 0 Å². The number of hydrogen-bond acceptors (Lipinski definition) is 6. The van der Waals surface area contributed by atoms with Crippen molar-refractivity contribution < 1.29 is 22.7 Å². The van der Waals surface area contributed by atoms with E-state index in [1.807, 2.05) is 19.1 Å². The van der Waals surface area contributed by atoms with Gasteiger partial charge in [0, 0.05) is 5.69 Å². The molecule has 162 valence electrons. The highest BCUT2D eigenvalue weighted by Gasteiger charge is 2.23. The average molecular weight is 459 g/mol. The van der Waals surface area contributed by atoms with Crippen LogP contribution >= 0.6 is 11.3 Å². The number of thiophene rings is 1. The van der Waals surface area contributed by atoms with Gasteiger partial charge in [-0.3, -0.25) is 9.52 Å². The summed E-state index contributed by atoms with van der Waals surface area (Å²) in [6.45, 7) is 3.49. The van der Waals surface area contributed by atoms with Crippen LogP contribution in [0.3, 0.4) is 0 Å². The second-order valence-corrected chi connectivity index (χ2v) is 9.53. The lowest BCUT2D eigenvalue weighted by Crippen LogP contribution is -2.30. The van der Waals surface area contributed by atoms with Crippen LogP contribution in [0.1, 0.15) is 29.8 Å². The molecule has 0 aliphatic rings. The summed E-state index contributed by atoms with van der Waals surface area (Å²) in [5, 5.41) is 4.34. The van der Waals surface area contributed by atoms with Gasteiger partial charge in [0.2, 0.25) is 0 Å². The predicted octanol–water partition coefficient (Wildman–Crippen LogP) is 4.30. The van der Waals surface area contributed by atoms with Crippen molar-refractivity contribution in [1.82, 2.24) is 0 Å². The van der Waals surface area contributed by atoms with Gasteiger partial charge in [-0.15, -0.1) is 11.3 Å². The predicted molar refractivity (Wildman–Crippen MR) is 121 cm³/mol. The summed E-state index contributed by atoms with van der Waals surface area (Å²) in [6, 6.07) is 16.5. The van der Waals surface area contributed by atoms with Crippen LogP contribution in [-0.2, 0) is 26.0 Å². The van der Waals surface area contributed by atoms with Gasteiger partial charge in [-0.05, 0) is 54.6 Å². The normalized spacial score (nSPS) is 12.1. The lowest BCUT2D eigenvalue weighted by Gasteiger charge is -2.16. The molecule has 0 aliphatic carbocycles. The Morgan fingerprint density at radius 3 is 2.39 bits per heavy atom. The van der Waals surface area contributed by atoms with Gasteiger partial charge >= 0.3 is 5.97 Å². The summed E-state index contributed by atoms with van der Waals surface area (Å²) in [5.41, 5.74) is 1.81. The van der Waals surface area contributed by atoms with E-state index in [0.29, 0.717) is 5.69 Å². The number of amides is 1. The maximum Gasteiger partial charge on any atom is 0.341 e. The number of benzene rings is 2. The molecule has 1 unspecified atom stereocenters. The number of esters is 1. The first-order valence-electron chi connectivity index (χ1n) is 9.56. The van der Waals surface area contributed by atoms with E-state index in [2.05, 4.69) is 10.0 Å². The number of nitrogens with one attached hydrogen (secondary N) is 2. The van der Waals surface area contributed by atoms with Crippen LogP contribution in [0.15, 0.2) is 70.3 Å². The minimum atomic E-state index is -3.84. The van der Waals surface area contributed by atoms with Gasteiger partial charge in [0.1, 0.15) is 4.21 Å². The third kappa shape index (κ3) is 5.71. The van der Waals surface area contributed by atoms with E-state index >= 15 is 0 Å². The van der Waals surface area contributed by atoms with Crippen LogP contribution < -0.4 is 10.0 Å². The van der Waals surface area contributed by atoms with Crippen LogP contribution in [0.25, 0.3) is 0 Å². The van der Waals surface area contributed by atoms with E-state index in [1.54, 1.807) is 35.7 Å². The molecule has 0 radical (unpaired) electrons. The highest BCUT2D eigenvalue weighted by molar-refractivity contribution is 7.94. The molecule has 2 N–H and O–H groups in total. The first-order chi connectivity index (χ1) is 14.8. The molecule has 0 saturated carbocycles. The number of carbonyl (C=O) groups excluding carboxylic acids is 2. The minimum absolute atomic E-state index is 0.00887. The van der Waals surface area contributed by atoms with Crippen LogP contribution in [0.2, 0.25) is 0 Å². The summed E-state index contributed by atoms with van der Waals surface area (Å²) in [4.78, 5) is 25.1. The van der Waals surface area contributed by atoms with Gasteiger partial charge in [-0.25, -0.2) is 13.2 Å². The number of sulfonamides is 1. The van der Waals surface area contributed by atoms with E-state index in [9.17, 15) is 18.0 Å². The molecule has 1 amide bonds. The topological polar surface area (TPSA) is 102 Å². The van der Waals surface area contributed by atoms with Crippen LogP contribution in [0, 0.1) is 0 Å². The van der Waals surface area contributed by atoms with Crippen molar-refractivity contribution in [3.05, 3.63) is 77.2 Å². The SMILES string of the molecule is CCc1ccc(NC(=O)C(C)OC(=O)c2ccccc2NS(=O)(=O)c2cccs2)cc1. The standard InChI is InChI=1S/C22H22N2O5S2/c1-3-16-10-12-17(13-11-16)23-21(25)15(2)29-22(26)18-7-4-5-8-19(18)24-31(27,28)20-9-6-14-30-20/h4-15,24H,3H2,1-2H3,(H,23,25). The summed E-state index contributed by atoms with van der Waals surface area (Å²) in [5.74, 6) is -1.30. The molecule has 31 heavy (non-hydrogen) atoms. The van der Waals surface area contributed by atoms with Crippen molar-refractivity contribution in [3.63, 3.8) is 0 Å². The molecular weight excluding hydrogens is 436 g/mol. The first-order valence-corrected chi connectivity index (χ1v) is 11.9. The zero-order chi connectivity index (χ0) is 22.4. The highest BCUT2D eigenvalue weighted by atomic mass is 32.2. The number of hydrogen-bond donors (Lipinski definition) is 2. The molecule has 0 fully saturated rings. The van der Waals surface area contributed by atoms with Gasteiger partial charge < -0.3 is 10.1 Å². The molecule has 0 saturated heterocycles. The van der Waals surface area contributed by atoms with E-state index in [1.165, 1.54) is 25.1 Å². The van der Waals surface area contributed by atoms with Crippen LogP contribution in [0.4, 0.5) is 11.4 Å². The Labute approximate surface area is 185 Å². The Bertz CT molecular complexity index is 1160. The van der Waals surface area contributed by atoms with Gasteiger partial charge in [-0.2, -0.15) is 0 Å². The largest absolute Gasteiger partial charge is 0.449 e. The lowest BCUT2D eigenvalue weighted by atomic mass is 10.1. The van der Waals surface area contributed by atoms with Crippen molar-refractivity contribution >= 4 is 44.6 Å². The smallest absolute Gasteiger partial charge is 0.341 e.